The fourth-order valence-electron chi connectivity index (χ4n) is 4.27. The molecule has 0 radical (unpaired) electrons. The van der Waals surface area contributed by atoms with Crippen LogP contribution in [-0.2, 0) is 26.0 Å². The van der Waals surface area contributed by atoms with E-state index in [1.807, 2.05) is 51.1 Å². The minimum Gasteiger partial charge on any atom is -0.497 e. The molecule has 0 aliphatic heterocycles. The molecular weight excluding hydrogens is 514 g/mol. The van der Waals surface area contributed by atoms with E-state index in [4.69, 9.17) is 4.74 Å². The fraction of sp³-hybridized carbons (Fsp3) is 0.333. The summed E-state index contributed by atoms with van der Waals surface area (Å²) in [4.78, 5) is 28.6. The molecule has 0 heterocycles. The number of hydrogen-bond donors (Lipinski definition) is 1. The maximum atomic E-state index is 13.9. The van der Waals surface area contributed by atoms with Crippen LogP contribution in [0.15, 0.2) is 89.8 Å². The lowest BCUT2D eigenvalue weighted by Gasteiger charge is -2.33. The van der Waals surface area contributed by atoms with Crippen LogP contribution in [0.4, 0.5) is 5.69 Å². The normalized spacial score (nSPS) is 12.0. The number of amides is 2. The highest BCUT2D eigenvalue weighted by Crippen LogP contribution is 2.25. The molecule has 0 saturated carbocycles. The molecule has 0 aromatic heterocycles. The SMILES string of the molecule is CCC(C(=O)NC(C)C)N(CCc1ccccc1)C(=O)CN(c1ccccc1)S(=O)(=O)c1ccc(OC)cc1. The minimum absolute atomic E-state index is 0.0281. The zero-order valence-electron chi connectivity index (χ0n) is 22.9. The van der Waals surface area contributed by atoms with Crippen molar-refractivity contribution in [1.29, 1.82) is 0 Å². The molecule has 0 aliphatic rings. The molecule has 3 rings (SSSR count). The van der Waals surface area contributed by atoms with Gasteiger partial charge in [-0.05, 0) is 68.7 Å². The molecule has 1 unspecified atom stereocenters. The topological polar surface area (TPSA) is 96.0 Å². The van der Waals surface area contributed by atoms with E-state index in [2.05, 4.69) is 5.32 Å². The molecule has 9 heteroatoms. The third-order valence-corrected chi connectivity index (χ3v) is 8.06. The Morgan fingerprint density at radius 2 is 1.49 bits per heavy atom. The maximum absolute atomic E-state index is 13.9. The van der Waals surface area contributed by atoms with Crippen molar-refractivity contribution in [2.45, 2.75) is 50.6 Å². The molecule has 0 fully saturated rings. The number of rotatable bonds is 13. The van der Waals surface area contributed by atoms with Crippen molar-refractivity contribution in [3.05, 3.63) is 90.5 Å². The number of methoxy groups -OCH3 is 1. The molecule has 0 spiro atoms. The van der Waals surface area contributed by atoms with E-state index in [0.29, 0.717) is 24.3 Å². The van der Waals surface area contributed by atoms with Gasteiger partial charge < -0.3 is 15.0 Å². The van der Waals surface area contributed by atoms with Crippen molar-refractivity contribution in [1.82, 2.24) is 10.2 Å². The summed E-state index contributed by atoms with van der Waals surface area (Å²) in [5.41, 5.74) is 1.37. The standard InChI is InChI=1S/C30H37N3O5S/c1-5-28(30(35)31-23(2)3)32(21-20-24-12-8-6-9-13-24)29(34)22-33(25-14-10-7-11-15-25)39(36,37)27-18-16-26(38-4)17-19-27/h6-19,23,28H,5,20-22H2,1-4H3,(H,31,35). The molecule has 208 valence electrons. The smallest absolute Gasteiger partial charge is 0.264 e. The van der Waals surface area contributed by atoms with Gasteiger partial charge in [0.15, 0.2) is 0 Å². The summed E-state index contributed by atoms with van der Waals surface area (Å²) in [7, 11) is -2.61. The minimum atomic E-state index is -4.12. The Balaban J connectivity index is 1.98. The first kappa shape index (κ1) is 29.7. The summed E-state index contributed by atoms with van der Waals surface area (Å²) >= 11 is 0. The molecule has 8 nitrogen and oxygen atoms in total. The van der Waals surface area contributed by atoms with Crippen LogP contribution in [0, 0.1) is 0 Å². The van der Waals surface area contributed by atoms with Gasteiger partial charge in [-0.15, -0.1) is 0 Å². The summed E-state index contributed by atoms with van der Waals surface area (Å²) in [6.07, 6.45) is 0.907. The van der Waals surface area contributed by atoms with Crippen LogP contribution in [0.1, 0.15) is 32.8 Å². The number of benzene rings is 3. The summed E-state index contributed by atoms with van der Waals surface area (Å²) in [6.45, 7) is 5.37. The van der Waals surface area contributed by atoms with E-state index in [0.717, 1.165) is 9.87 Å². The van der Waals surface area contributed by atoms with Gasteiger partial charge in [0.05, 0.1) is 17.7 Å². The average molecular weight is 552 g/mol. The first-order valence-corrected chi connectivity index (χ1v) is 14.5. The molecule has 0 saturated heterocycles. The van der Waals surface area contributed by atoms with E-state index in [-0.39, 0.29) is 23.4 Å². The lowest BCUT2D eigenvalue weighted by Crippen LogP contribution is -2.54. The van der Waals surface area contributed by atoms with Crippen LogP contribution < -0.4 is 14.4 Å². The van der Waals surface area contributed by atoms with Crippen molar-refractivity contribution in [3.8, 4) is 5.75 Å². The van der Waals surface area contributed by atoms with Crippen molar-refractivity contribution in [2.24, 2.45) is 0 Å². The Morgan fingerprint density at radius 1 is 0.897 bits per heavy atom. The summed E-state index contributed by atoms with van der Waals surface area (Å²) in [5.74, 6) is -0.207. The second-order valence-electron chi connectivity index (χ2n) is 9.43. The zero-order chi connectivity index (χ0) is 28.4. The number of nitrogens with one attached hydrogen (secondary N) is 1. The van der Waals surface area contributed by atoms with Crippen LogP contribution in [0.3, 0.4) is 0 Å². The maximum Gasteiger partial charge on any atom is 0.264 e. The van der Waals surface area contributed by atoms with E-state index >= 15 is 0 Å². The van der Waals surface area contributed by atoms with Gasteiger partial charge in [-0.1, -0.05) is 55.5 Å². The molecule has 1 atom stereocenters. The molecule has 1 N–H and O–H groups in total. The molecule has 0 bridgehead atoms. The van der Waals surface area contributed by atoms with Crippen molar-refractivity contribution < 1.29 is 22.7 Å². The number of ether oxygens (including phenoxy) is 1. The largest absolute Gasteiger partial charge is 0.497 e. The Hall–Kier alpha value is -3.85. The summed E-state index contributed by atoms with van der Waals surface area (Å²) < 4.78 is 33.9. The average Bonchev–Trinajstić information content (AvgIpc) is 2.94. The number of hydrogen-bond acceptors (Lipinski definition) is 5. The quantitative estimate of drug-likeness (QED) is 0.342. The number of carbonyl (C=O) groups excluding carboxylic acids is 2. The van der Waals surface area contributed by atoms with Crippen LogP contribution in [0.5, 0.6) is 5.75 Å². The summed E-state index contributed by atoms with van der Waals surface area (Å²) in [6, 6.07) is 23.4. The lowest BCUT2D eigenvalue weighted by molar-refractivity contribution is -0.139. The third kappa shape index (κ3) is 7.83. The van der Waals surface area contributed by atoms with E-state index < -0.39 is 28.5 Å². The van der Waals surface area contributed by atoms with E-state index in [1.54, 1.807) is 42.5 Å². The van der Waals surface area contributed by atoms with Crippen molar-refractivity contribution in [3.63, 3.8) is 0 Å². The van der Waals surface area contributed by atoms with Gasteiger partial charge in [-0.25, -0.2) is 8.42 Å². The molecular formula is C30H37N3O5S. The van der Waals surface area contributed by atoms with Crippen molar-refractivity contribution in [2.75, 3.05) is 24.5 Å². The highest BCUT2D eigenvalue weighted by Gasteiger charge is 2.33. The first-order chi connectivity index (χ1) is 18.7. The Bertz CT molecular complexity index is 1310. The lowest BCUT2D eigenvalue weighted by atomic mass is 10.1. The first-order valence-electron chi connectivity index (χ1n) is 13.0. The zero-order valence-corrected chi connectivity index (χ0v) is 23.7. The molecule has 3 aromatic rings. The van der Waals surface area contributed by atoms with Gasteiger partial charge in [0.2, 0.25) is 11.8 Å². The predicted octanol–water partition coefficient (Wildman–Crippen LogP) is 4.27. The highest BCUT2D eigenvalue weighted by molar-refractivity contribution is 7.92. The molecule has 2 amide bonds. The number of nitrogens with zero attached hydrogens (tertiary/aromatic N) is 2. The summed E-state index contributed by atoms with van der Waals surface area (Å²) in [5, 5.41) is 2.90. The molecule has 39 heavy (non-hydrogen) atoms. The fourth-order valence-corrected chi connectivity index (χ4v) is 5.69. The van der Waals surface area contributed by atoms with Crippen molar-refractivity contribution >= 4 is 27.5 Å². The van der Waals surface area contributed by atoms with Gasteiger partial charge in [0.1, 0.15) is 18.3 Å². The number of sulfonamides is 1. The Kier molecular flexibility index (Phi) is 10.5. The van der Waals surface area contributed by atoms with Gasteiger partial charge in [-0.2, -0.15) is 0 Å². The van der Waals surface area contributed by atoms with Gasteiger partial charge in [0.25, 0.3) is 10.0 Å². The van der Waals surface area contributed by atoms with Crippen LogP contribution in [0.25, 0.3) is 0 Å². The van der Waals surface area contributed by atoms with E-state index in [1.165, 1.54) is 24.1 Å². The van der Waals surface area contributed by atoms with Crippen LogP contribution in [0.2, 0.25) is 0 Å². The molecule has 3 aromatic carbocycles. The highest BCUT2D eigenvalue weighted by atomic mass is 32.2. The predicted molar refractivity (Wildman–Crippen MR) is 153 cm³/mol. The second-order valence-corrected chi connectivity index (χ2v) is 11.3. The monoisotopic (exact) mass is 551 g/mol. The number of para-hydroxylation sites is 1. The van der Waals surface area contributed by atoms with E-state index in [9.17, 15) is 18.0 Å². The Morgan fingerprint density at radius 3 is 2.03 bits per heavy atom. The second kappa shape index (κ2) is 13.8. The van der Waals surface area contributed by atoms with Crippen LogP contribution in [-0.4, -0.2) is 57.4 Å². The van der Waals surface area contributed by atoms with Gasteiger partial charge in [-0.3, -0.25) is 13.9 Å². The Labute approximate surface area is 231 Å². The molecule has 0 aliphatic carbocycles. The van der Waals surface area contributed by atoms with Gasteiger partial charge >= 0.3 is 0 Å². The third-order valence-electron chi connectivity index (χ3n) is 6.27. The number of anilines is 1. The van der Waals surface area contributed by atoms with Gasteiger partial charge in [0, 0.05) is 12.6 Å². The number of carbonyl (C=O) groups is 2. The van der Waals surface area contributed by atoms with Crippen LogP contribution >= 0.6 is 0 Å².